The van der Waals surface area contributed by atoms with Gasteiger partial charge >= 0.3 is 0 Å². The molecule has 3 rings (SSSR count). The Morgan fingerprint density at radius 1 is 1.33 bits per heavy atom. The molecule has 1 heteroatoms. The van der Waals surface area contributed by atoms with E-state index in [4.69, 9.17) is 0 Å². The Morgan fingerprint density at radius 3 is 3.07 bits per heavy atom. The third-order valence-electron chi connectivity index (χ3n) is 3.74. The highest BCUT2D eigenvalue weighted by Gasteiger charge is 2.36. The summed E-state index contributed by atoms with van der Waals surface area (Å²) in [5.74, 6) is 1.06. The number of benzene rings is 1. The molecule has 15 heavy (non-hydrogen) atoms. The number of hydrogen-bond acceptors (Lipinski definition) is 1. The smallest absolute Gasteiger partial charge is 0.167 e. The Hall–Kier alpha value is -1.37. The van der Waals surface area contributed by atoms with Crippen molar-refractivity contribution in [3.63, 3.8) is 0 Å². The zero-order valence-electron chi connectivity index (χ0n) is 8.86. The molecule has 0 aromatic heterocycles. The van der Waals surface area contributed by atoms with Gasteiger partial charge in [-0.1, -0.05) is 30.4 Å². The van der Waals surface area contributed by atoms with Gasteiger partial charge in [0.05, 0.1) is 0 Å². The van der Waals surface area contributed by atoms with Gasteiger partial charge in [-0.2, -0.15) is 0 Å². The maximum absolute atomic E-state index is 12.2. The summed E-state index contributed by atoms with van der Waals surface area (Å²) in [6.45, 7) is 2.10. The van der Waals surface area contributed by atoms with Gasteiger partial charge in [-0.05, 0) is 36.8 Å². The molecule has 76 valence electrons. The van der Waals surface area contributed by atoms with Crippen molar-refractivity contribution in [1.29, 1.82) is 0 Å². The molecule has 0 aliphatic heterocycles. The minimum absolute atomic E-state index is 0.235. The second-order valence-electron chi connectivity index (χ2n) is 4.60. The van der Waals surface area contributed by atoms with E-state index in [0.29, 0.717) is 11.7 Å². The Morgan fingerprint density at radius 2 is 2.20 bits per heavy atom. The van der Waals surface area contributed by atoms with Crippen molar-refractivity contribution in [1.82, 2.24) is 0 Å². The molecule has 2 atom stereocenters. The van der Waals surface area contributed by atoms with Gasteiger partial charge in [-0.25, -0.2) is 0 Å². The lowest BCUT2D eigenvalue weighted by atomic mass is 9.75. The summed E-state index contributed by atoms with van der Waals surface area (Å²) in [7, 11) is 0. The van der Waals surface area contributed by atoms with Crippen LogP contribution >= 0.6 is 0 Å². The van der Waals surface area contributed by atoms with Crippen LogP contribution in [0.5, 0.6) is 0 Å². The predicted molar refractivity (Wildman–Crippen MR) is 60.0 cm³/mol. The standard InChI is InChI=1S/C14H14O/c1-9-4-2-7-12-13(9)8-10-5-3-6-11(10)14(12)15/h2-5,7,10-11H,6,8H2,1H3/t10-,11-/m1/s1. The molecule has 0 saturated heterocycles. The molecule has 0 fully saturated rings. The molecule has 1 aromatic rings. The lowest BCUT2D eigenvalue weighted by Gasteiger charge is -2.27. The third-order valence-corrected chi connectivity index (χ3v) is 3.74. The number of aryl methyl sites for hydroxylation is 1. The van der Waals surface area contributed by atoms with Crippen LogP contribution in [0.1, 0.15) is 27.9 Å². The van der Waals surface area contributed by atoms with Crippen molar-refractivity contribution >= 4 is 5.78 Å². The lowest BCUT2D eigenvalue weighted by molar-refractivity contribution is 0.0883. The quantitative estimate of drug-likeness (QED) is 0.586. The van der Waals surface area contributed by atoms with E-state index in [1.54, 1.807) is 0 Å². The fourth-order valence-electron chi connectivity index (χ4n) is 2.86. The van der Waals surface area contributed by atoms with Gasteiger partial charge < -0.3 is 0 Å². The SMILES string of the molecule is Cc1cccc2c1C[C@H]1C=CC[C@H]1C2=O. The molecule has 2 aliphatic carbocycles. The molecular formula is C14H14O. The van der Waals surface area contributed by atoms with Crippen molar-refractivity contribution in [2.75, 3.05) is 0 Å². The highest BCUT2D eigenvalue weighted by atomic mass is 16.1. The molecule has 1 aromatic carbocycles. The van der Waals surface area contributed by atoms with E-state index in [1.165, 1.54) is 11.1 Å². The van der Waals surface area contributed by atoms with Crippen LogP contribution in [0.4, 0.5) is 0 Å². The molecule has 0 saturated carbocycles. The second kappa shape index (κ2) is 3.06. The van der Waals surface area contributed by atoms with Crippen molar-refractivity contribution in [3.05, 3.63) is 47.0 Å². The Bertz CT molecular complexity index is 456. The minimum atomic E-state index is 0.235. The first kappa shape index (κ1) is 8.90. The first-order valence-electron chi connectivity index (χ1n) is 5.57. The van der Waals surface area contributed by atoms with Crippen molar-refractivity contribution in [3.8, 4) is 0 Å². The van der Waals surface area contributed by atoms with E-state index >= 15 is 0 Å². The number of fused-ring (bicyclic) bond motifs is 2. The van der Waals surface area contributed by atoms with E-state index in [1.807, 2.05) is 12.1 Å². The summed E-state index contributed by atoms with van der Waals surface area (Å²) in [6.07, 6.45) is 6.37. The monoisotopic (exact) mass is 198 g/mol. The third kappa shape index (κ3) is 1.19. The lowest BCUT2D eigenvalue weighted by Crippen LogP contribution is -2.28. The molecule has 0 N–H and O–H groups in total. The summed E-state index contributed by atoms with van der Waals surface area (Å²) in [5.41, 5.74) is 3.51. The number of carbonyl (C=O) groups excluding carboxylic acids is 1. The van der Waals surface area contributed by atoms with E-state index in [0.717, 1.165) is 18.4 Å². The topological polar surface area (TPSA) is 17.1 Å². The molecule has 0 spiro atoms. The summed E-state index contributed by atoms with van der Waals surface area (Å²) in [4.78, 5) is 12.2. The van der Waals surface area contributed by atoms with Gasteiger partial charge in [0, 0.05) is 11.5 Å². The van der Waals surface area contributed by atoms with Gasteiger partial charge in [-0.15, -0.1) is 0 Å². The minimum Gasteiger partial charge on any atom is -0.294 e. The number of ketones is 1. The van der Waals surface area contributed by atoms with Crippen LogP contribution in [-0.4, -0.2) is 5.78 Å². The number of allylic oxidation sites excluding steroid dienone is 2. The first-order chi connectivity index (χ1) is 7.27. The molecular weight excluding hydrogens is 184 g/mol. The Balaban J connectivity index is 2.15. The van der Waals surface area contributed by atoms with Crippen LogP contribution in [-0.2, 0) is 6.42 Å². The fourth-order valence-corrected chi connectivity index (χ4v) is 2.86. The van der Waals surface area contributed by atoms with E-state index < -0.39 is 0 Å². The number of rotatable bonds is 0. The highest BCUT2D eigenvalue weighted by Crippen LogP contribution is 2.37. The van der Waals surface area contributed by atoms with Crippen molar-refractivity contribution in [2.45, 2.75) is 19.8 Å². The maximum Gasteiger partial charge on any atom is 0.167 e. The fraction of sp³-hybridized carbons (Fsp3) is 0.357. The van der Waals surface area contributed by atoms with Crippen LogP contribution in [0.2, 0.25) is 0 Å². The molecule has 2 aliphatic rings. The van der Waals surface area contributed by atoms with E-state index in [-0.39, 0.29) is 5.92 Å². The molecule has 0 unspecified atom stereocenters. The van der Waals surface area contributed by atoms with Crippen LogP contribution in [0, 0.1) is 18.8 Å². The van der Waals surface area contributed by atoms with E-state index in [9.17, 15) is 4.79 Å². The molecule has 0 bridgehead atoms. The van der Waals surface area contributed by atoms with Gasteiger partial charge in [-0.3, -0.25) is 4.79 Å². The molecule has 1 nitrogen and oxygen atoms in total. The van der Waals surface area contributed by atoms with Gasteiger partial charge in [0.1, 0.15) is 0 Å². The predicted octanol–water partition coefficient (Wildman–Crippen LogP) is 2.93. The largest absolute Gasteiger partial charge is 0.294 e. The summed E-state index contributed by atoms with van der Waals surface area (Å²) in [6, 6.07) is 6.08. The molecule has 0 amide bonds. The molecule has 0 heterocycles. The summed E-state index contributed by atoms with van der Waals surface area (Å²) < 4.78 is 0. The zero-order chi connectivity index (χ0) is 10.4. The average molecular weight is 198 g/mol. The van der Waals surface area contributed by atoms with Gasteiger partial charge in [0.2, 0.25) is 0 Å². The molecule has 0 radical (unpaired) electrons. The van der Waals surface area contributed by atoms with Crippen LogP contribution in [0.15, 0.2) is 30.4 Å². The number of Topliss-reactive ketones (excluding diaryl/α,β-unsaturated/α-hetero) is 1. The number of hydrogen-bond donors (Lipinski definition) is 0. The van der Waals surface area contributed by atoms with Crippen molar-refractivity contribution in [2.24, 2.45) is 11.8 Å². The second-order valence-corrected chi connectivity index (χ2v) is 4.60. The maximum atomic E-state index is 12.2. The van der Waals surface area contributed by atoms with Crippen LogP contribution < -0.4 is 0 Å². The average Bonchev–Trinajstić information content (AvgIpc) is 2.68. The Kier molecular flexibility index (Phi) is 1.82. The Labute approximate surface area is 89.8 Å². The van der Waals surface area contributed by atoms with Gasteiger partial charge in [0.25, 0.3) is 0 Å². The zero-order valence-corrected chi connectivity index (χ0v) is 8.86. The van der Waals surface area contributed by atoms with Crippen LogP contribution in [0.3, 0.4) is 0 Å². The van der Waals surface area contributed by atoms with Gasteiger partial charge in [0.15, 0.2) is 5.78 Å². The van der Waals surface area contributed by atoms with Crippen LogP contribution in [0.25, 0.3) is 0 Å². The summed E-state index contributed by atoms with van der Waals surface area (Å²) in [5, 5.41) is 0. The number of carbonyl (C=O) groups is 1. The van der Waals surface area contributed by atoms with E-state index in [2.05, 4.69) is 25.1 Å². The van der Waals surface area contributed by atoms with Crippen molar-refractivity contribution < 1.29 is 4.79 Å². The first-order valence-corrected chi connectivity index (χ1v) is 5.57. The summed E-state index contributed by atoms with van der Waals surface area (Å²) >= 11 is 0. The highest BCUT2D eigenvalue weighted by molar-refractivity contribution is 6.01. The normalized spacial score (nSPS) is 27.7.